The van der Waals surface area contributed by atoms with Crippen LogP contribution in [0, 0.1) is 0 Å². The number of carbonyl (C=O) groups is 1. The lowest BCUT2D eigenvalue weighted by Gasteiger charge is -1.99. The summed E-state index contributed by atoms with van der Waals surface area (Å²) >= 11 is 1.57. The van der Waals surface area contributed by atoms with Crippen molar-refractivity contribution in [1.82, 2.24) is 4.98 Å². The van der Waals surface area contributed by atoms with Crippen LogP contribution in [0.25, 0.3) is 0 Å². The Kier molecular flexibility index (Phi) is 2.78. The first-order valence-electron chi connectivity index (χ1n) is 4.45. The average molecular weight is 219 g/mol. The topological polar surface area (TPSA) is 50.2 Å². The maximum Gasteiger partial charge on any atom is 0.335 e. The van der Waals surface area contributed by atoms with Gasteiger partial charge in [0.2, 0.25) is 0 Å². The minimum atomic E-state index is -0.888. The molecule has 2 aromatic rings. The molecule has 0 fully saturated rings. The molecule has 4 heteroatoms. The quantitative estimate of drug-likeness (QED) is 0.862. The molecule has 2 rings (SSSR count). The van der Waals surface area contributed by atoms with Gasteiger partial charge in [-0.1, -0.05) is 12.1 Å². The van der Waals surface area contributed by atoms with Crippen molar-refractivity contribution in [2.24, 2.45) is 0 Å². The number of carboxylic acid groups (broad SMARTS) is 1. The summed E-state index contributed by atoms with van der Waals surface area (Å²) in [4.78, 5) is 15.9. The molecule has 76 valence electrons. The molecular weight excluding hydrogens is 210 g/mol. The molecule has 0 amide bonds. The molecule has 0 aliphatic heterocycles. The van der Waals surface area contributed by atoms with Gasteiger partial charge in [-0.15, -0.1) is 11.3 Å². The molecule has 0 atom stereocenters. The second-order valence-electron chi connectivity index (χ2n) is 3.15. The largest absolute Gasteiger partial charge is 0.478 e. The summed E-state index contributed by atoms with van der Waals surface area (Å²) in [6.45, 7) is 0. The van der Waals surface area contributed by atoms with Gasteiger partial charge in [0.25, 0.3) is 0 Å². The molecule has 0 aliphatic carbocycles. The molecule has 1 heterocycles. The Bertz CT molecular complexity index is 465. The summed E-state index contributed by atoms with van der Waals surface area (Å²) in [6, 6.07) is 6.98. The molecule has 0 aliphatic rings. The number of aromatic carboxylic acids is 1. The van der Waals surface area contributed by atoms with Gasteiger partial charge in [-0.05, 0) is 17.7 Å². The highest BCUT2D eigenvalue weighted by molar-refractivity contribution is 7.09. The lowest BCUT2D eigenvalue weighted by Crippen LogP contribution is -1.97. The Balaban J connectivity index is 2.22. The molecular formula is C11H9NO2S. The summed E-state index contributed by atoms with van der Waals surface area (Å²) in [5.41, 5.74) is 3.10. The van der Waals surface area contributed by atoms with Gasteiger partial charge in [-0.2, -0.15) is 0 Å². The van der Waals surface area contributed by atoms with E-state index in [0.717, 1.165) is 16.9 Å². The number of benzene rings is 1. The number of hydrogen-bond acceptors (Lipinski definition) is 3. The van der Waals surface area contributed by atoms with Crippen molar-refractivity contribution in [2.45, 2.75) is 6.42 Å². The molecule has 1 aromatic carbocycles. The van der Waals surface area contributed by atoms with Gasteiger partial charge in [0.1, 0.15) is 0 Å². The summed E-state index contributed by atoms with van der Waals surface area (Å²) in [5, 5.41) is 8.83. The van der Waals surface area contributed by atoms with Crippen LogP contribution in [0.3, 0.4) is 0 Å². The van der Waals surface area contributed by atoms with Crippen LogP contribution in [-0.2, 0) is 6.42 Å². The summed E-state index contributed by atoms with van der Waals surface area (Å²) in [6.07, 6.45) is 2.55. The summed E-state index contributed by atoms with van der Waals surface area (Å²) < 4.78 is 0. The highest BCUT2D eigenvalue weighted by Gasteiger charge is 2.04. The van der Waals surface area contributed by atoms with Gasteiger partial charge >= 0.3 is 5.97 Å². The zero-order chi connectivity index (χ0) is 10.7. The van der Waals surface area contributed by atoms with E-state index in [4.69, 9.17) is 5.11 Å². The summed E-state index contributed by atoms with van der Waals surface area (Å²) in [7, 11) is 0. The minimum Gasteiger partial charge on any atom is -0.478 e. The highest BCUT2D eigenvalue weighted by Crippen LogP contribution is 2.14. The van der Waals surface area contributed by atoms with Crippen molar-refractivity contribution < 1.29 is 9.90 Å². The Morgan fingerprint density at radius 1 is 1.47 bits per heavy atom. The number of hydrogen-bond donors (Lipinski definition) is 1. The van der Waals surface area contributed by atoms with Gasteiger partial charge in [-0.3, -0.25) is 4.98 Å². The highest BCUT2D eigenvalue weighted by atomic mass is 32.1. The van der Waals surface area contributed by atoms with Gasteiger partial charge in [0, 0.05) is 17.5 Å². The lowest BCUT2D eigenvalue weighted by atomic mass is 10.1. The Morgan fingerprint density at radius 2 is 2.33 bits per heavy atom. The van der Waals surface area contributed by atoms with Gasteiger partial charge in [-0.25, -0.2) is 4.79 Å². The minimum absolute atomic E-state index is 0.331. The number of rotatable bonds is 3. The molecule has 0 saturated carbocycles. The number of carboxylic acids is 1. The van der Waals surface area contributed by atoms with E-state index in [2.05, 4.69) is 4.98 Å². The fourth-order valence-electron chi connectivity index (χ4n) is 1.34. The average Bonchev–Trinajstić information content (AvgIpc) is 2.71. The predicted octanol–water partition coefficient (Wildman–Crippen LogP) is 2.43. The van der Waals surface area contributed by atoms with Crippen LogP contribution in [0.2, 0.25) is 0 Å². The maximum absolute atomic E-state index is 10.7. The van der Waals surface area contributed by atoms with E-state index in [1.54, 1.807) is 41.2 Å². The van der Waals surface area contributed by atoms with Crippen LogP contribution >= 0.6 is 11.3 Å². The molecule has 0 spiro atoms. The third kappa shape index (κ3) is 2.41. The van der Waals surface area contributed by atoms with E-state index in [-0.39, 0.29) is 0 Å². The lowest BCUT2D eigenvalue weighted by molar-refractivity contribution is 0.0697. The first kappa shape index (κ1) is 9.86. The predicted molar refractivity (Wildman–Crippen MR) is 58.3 cm³/mol. The maximum atomic E-state index is 10.7. The second kappa shape index (κ2) is 4.23. The van der Waals surface area contributed by atoms with Crippen molar-refractivity contribution in [3.63, 3.8) is 0 Å². The van der Waals surface area contributed by atoms with Crippen molar-refractivity contribution >= 4 is 17.3 Å². The molecule has 0 saturated heterocycles. The Hall–Kier alpha value is -1.68. The SMILES string of the molecule is O=C(O)c1cccc(Cc2cncs2)c1. The van der Waals surface area contributed by atoms with Crippen molar-refractivity contribution in [1.29, 1.82) is 0 Å². The third-order valence-electron chi connectivity index (χ3n) is 2.04. The molecule has 0 bridgehead atoms. The monoisotopic (exact) mass is 219 g/mol. The van der Waals surface area contributed by atoms with Crippen LogP contribution in [0.4, 0.5) is 0 Å². The normalized spacial score (nSPS) is 10.1. The zero-order valence-electron chi connectivity index (χ0n) is 7.88. The van der Waals surface area contributed by atoms with E-state index in [1.165, 1.54) is 0 Å². The van der Waals surface area contributed by atoms with Crippen molar-refractivity contribution in [2.75, 3.05) is 0 Å². The molecule has 1 N–H and O–H groups in total. The molecule has 0 radical (unpaired) electrons. The van der Waals surface area contributed by atoms with E-state index in [1.807, 2.05) is 6.07 Å². The Labute approximate surface area is 91.0 Å². The number of nitrogens with zero attached hydrogens (tertiary/aromatic N) is 1. The fourth-order valence-corrected chi connectivity index (χ4v) is 1.97. The van der Waals surface area contributed by atoms with Crippen LogP contribution < -0.4 is 0 Å². The van der Waals surface area contributed by atoms with E-state index >= 15 is 0 Å². The first-order valence-corrected chi connectivity index (χ1v) is 5.33. The fraction of sp³-hybridized carbons (Fsp3) is 0.0909. The molecule has 1 aromatic heterocycles. The van der Waals surface area contributed by atoms with Crippen LogP contribution in [-0.4, -0.2) is 16.1 Å². The Morgan fingerprint density at radius 3 is 3.00 bits per heavy atom. The standard InChI is InChI=1S/C11H9NO2S/c13-11(14)9-3-1-2-8(4-9)5-10-6-12-7-15-10/h1-4,6-7H,5H2,(H,13,14). The zero-order valence-corrected chi connectivity index (χ0v) is 8.70. The van der Waals surface area contributed by atoms with Crippen molar-refractivity contribution in [3.8, 4) is 0 Å². The summed E-state index contributed by atoms with van der Waals surface area (Å²) in [5.74, 6) is -0.888. The smallest absolute Gasteiger partial charge is 0.335 e. The molecule has 0 unspecified atom stereocenters. The van der Waals surface area contributed by atoms with Gasteiger partial charge in [0.15, 0.2) is 0 Å². The molecule has 3 nitrogen and oxygen atoms in total. The van der Waals surface area contributed by atoms with Crippen molar-refractivity contribution in [3.05, 3.63) is 52.0 Å². The van der Waals surface area contributed by atoms with Gasteiger partial charge in [0.05, 0.1) is 11.1 Å². The van der Waals surface area contributed by atoms with Gasteiger partial charge < -0.3 is 5.11 Å². The first-order chi connectivity index (χ1) is 7.25. The van der Waals surface area contributed by atoms with E-state index in [9.17, 15) is 4.79 Å². The van der Waals surface area contributed by atoms with Crippen LogP contribution in [0.5, 0.6) is 0 Å². The van der Waals surface area contributed by atoms with Crippen LogP contribution in [0.15, 0.2) is 36.0 Å². The molecule has 15 heavy (non-hydrogen) atoms. The number of thiazole rings is 1. The second-order valence-corrected chi connectivity index (χ2v) is 4.12. The van der Waals surface area contributed by atoms with Crippen LogP contribution in [0.1, 0.15) is 20.8 Å². The van der Waals surface area contributed by atoms with E-state index < -0.39 is 5.97 Å². The van der Waals surface area contributed by atoms with E-state index in [0.29, 0.717) is 5.56 Å². The third-order valence-corrected chi connectivity index (χ3v) is 2.82. The number of aromatic nitrogens is 1.